The first-order valence-electron chi connectivity index (χ1n) is 5.79. The monoisotopic (exact) mass is 221 g/mol. The second-order valence-electron chi connectivity index (χ2n) is 4.41. The summed E-state index contributed by atoms with van der Waals surface area (Å²) >= 11 is 0. The molecule has 1 saturated heterocycles. The van der Waals surface area contributed by atoms with E-state index in [0.717, 1.165) is 43.2 Å². The Hall–Kier alpha value is -1.29. The largest absolute Gasteiger partial charge is 0.396 e. The normalized spacial score (nSPS) is 20.7. The first-order chi connectivity index (χ1) is 7.75. The molecule has 3 N–H and O–H groups in total. The summed E-state index contributed by atoms with van der Waals surface area (Å²) < 4.78 is 5.43. The van der Waals surface area contributed by atoms with Gasteiger partial charge >= 0.3 is 0 Å². The minimum absolute atomic E-state index is 0.580. The molecule has 88 valence electrons. The fraction of sp³-hybridized carbons (Fsp3) is 0.583. The molecule has 1 fully saturated rings. The average molecular weight is 221 g/mol. The molecule has 1 aromatic rings. The zero-order valence-electron chi connectivity index (χ0n) is 9.70. The molecular formula is C12H19N3O. The minimum atomic E-state index is 0.580. The summed E-state index contributed by atoms with van der Waals surface area (Å²) in [5.41, 5.74) is 7.69. The van der Waals surface area contributed by atoms with E-state index in [9.17, 15) is 0 Å². The maximum Gasteiger partial charge on any atom is 0.149 e. The van der Waals surface area contributed by atoms with Crippen molar-refractivity contribution in [3.63, 3.8) is 0 Å². The summed E-state index contributed by atoms with van der Waals surface area (Å²) in [6, 6.07) is 1.94. The van der Waals surface area contributed by atoms with Crippen molar-refractivity contribution in [1.82, 2.24) is 4.98 Å². The van der Waals surface area contributed by atoms with Gasteiger partial charge in [-0.3, -0.25) is 0 Å². The summed E-state index contributed by atoms with van der Waals surface area (Å²) in [6.45, 7) is 4.63. The lowest BCUT2D eigenvalue weighted by molar-refractivity contribution is 0.0595. The lowest BCUT2D eigenvalue weighted by atomic mass is 10.0. The zero-order chi connectivity index (χ0) is 11.4. The minimum Gasteiger partial charge on any atom is -0.396 e. The highest BCUT2D eigenvalue weighted by atomic mass is 16.5. The number of pyridine rings is 1. The molecule has 0 aromatic carbocycles. The standard InChI is InChI=1S/C12H19N3O/c1-9-5-11(13)12(14-6-9)15-7-10-3-2-4-16-8-10/h5-6,10H,2-4,7-8,13H2,1H3,(H,14,15). The van der Waals surface area contributed by atoms with Crippen LogP contribution in [-0.4, -0.2) is 24.7 Å². The molecule has 0 aliphatic carbocycles. The molecule has 0 amide bonds. The number of nitrogen functional groups attached to an aromatic ring is 1. The molecule has 1 aromatic heterocycles. The molecule has 2 heterocycles. The lowest BCUT2D eigenvalue weighted by Gasteiger charge is -2.22. The second kappa shape index (κ2) is 5.16. The van der Waals surface area contributed by atoms with Gasteiger partial charge in [-0.1, -0.05) is 0 Å². The van der Waals surface area contributed by atoms with Crippen molar-refractivity contribution < 1.29 is 4.74 Å². The maximum absolute atomic E-state index is 5.88. The molecule has 1 aliphatic heterocycles. The Morgan fingerprint density at radius 1 is 1.62 bits per heavy atom. The molecule has 0 bridgehead atoms. The van der Waals surface area contributed by atoms with E-state index < -0.39 is 0 Å². The third kappa shape index (κ3) is 2.85. The predicted molar refractivity (Wildman–Crippen MR) is 65.4 cm³/mol. The third-order valence-corrected chi connectivity index (χ3v) is 2.87. The number of rotatable bonds is 3. The van der Waals surface area contributed by atoms with Crippen LogP contribution in [0.2, 0.25) is 0 Å². The number of anilines is 2. The van der Waals surface area contributed by atoms with E-state index in [2.05, 4.69) is 10.3 Å². The molecule has 2 rings (SSSR count). The van der Waals surface area contributed by atoms with Crippen molar-refractivity contribution >= 4 is 11.5 Å². The summed E-state index contributed by atoms with van der Waals surface area (Å²) in [5, 5.41) is 3.29. The Balaban J connectivity index is 1.88. The summed E-state index contributed by atoms with van der Waals surface area (Å²) in [6.07, 6.45) is 4.21. The molecule has 0 spiro atoms. The van der Waals surface area contributed by atoms with E-state index in [-0.39, 0.29) is 0 Å². The average Bonchev–Trinajstić information content (AvgIpc) is 2.29. The fourth-order valence-electron chi connectivity index (χ4n) is 1.95. The van der Waals surface area contributed by atoms with Gasteiger partial charge in [0.15, 0.2) is 0 Å². The van der Waals surface area contributed by atoms with Gasteiger partial charge in [-0.15, -0.1) is 0 Å². The van der Waals surface area contributed by atoms with E-state index in [1.807, 2.05) is 19.2 Å². The van der Waals surface area contributed by atoms with E-state index >= 15 is 0 Å². The summed E-state index contributed by atoms with van der Waals surface area (Å²) in [7, 11) is 0. The van der Waals surface area contributed by atoms with Gasteiger partial charge in [0.1, 0.15) is 5.82 Å². The van der Waals surface area contributed by atoms with Crippen LogP contribution in [0, 0.1) is 12.8 Å². The highest BCUT2D eigenvalue weighted by Gasteiger charge is 2.14. The molecule has 16 heavy (non-hydrogen) atoms. The molecule has 1 unspecified atom stereocenters. The number of ether oxygens (including phenoxy) is 1. The van der Waals surface area contributed by atoms with Crippen molar-refractivity contribution in [1.29, 1.82) is 0 Å². The topological polar surface area (TPSA) is 60.2 Å². The molecule has 1 aliphatic rings. The van der Waals surface area contributed by atoms with Crippen molar-refractivity contribution in [2.75, 3.05) is 30.8 Å². The molecule has 0 radical (unpaired) electrons. The number of nitrogens with two attached hydrogens (primary N) is 1. The Labute approximate surface area is 96.2 Å². The summed E-state index contributed by atoms with van der Waals surface area (Å²) in [4.78, 5) is 4.29. The quantitative estimate of drug-likeness (QED) is 0.817. The highest BCUT2D eigenvalue weighted by Crippen LogP contribution is 2.18. The first kappa shape index (κ1) is 11.2. The van der Waals surface area contributed by atoms with Crippen molar-refractivity contribution in [3.8, 4) is 0 Å². The van der Waals surface area contributed by atoms with Gasteiger partial charge in [-0.25, -0.2) is 4.98 Å². The van der Waals surface area contributed by atoms with Gasteiger partial charge in [-0.2, -0.15) is 0 Å². The van der Waals surface area contributed by atoms with Gasteiger partial charge in [0.05, 0.1) is 12.3 Å². The van der Waals surface area contributed by atoms with Gasteiger partial charge in [-0.05, 0) is 37.3 Å². The molecule has 4 heteroatoms. The van der Waals surface area contributed by atoms with Crippen LogP contribution in [-0.2, 0) is 4.74 Å². The fourth-order valence-corrected chi connectivity index (χ4v) is 1.95. The maximum atomic E-state index is 5.88. The second-order valence-corrected chi connectivity index (χ2v) is 4.41. The Morgan fingerprint density at radius 2 is 2.50 bits per heavy atom. The first-order valence-corrected chi connectivity index (χ1v) is 5.79. The molecule has 1 atom stereocenters. The number of nitrogens with one attached hydrogen (secondary N) is 1. The zero-order valence-corrected chi connectivity index (χ0v) is 9.70. The van der Waals surface area contributed by atoms with E-state index in [1.54, 1.807) is 0 Å². The Bertz CT molecular complexity index is 348. The number of hydrogen-bond acceptors (Lipinski definition) is 4. The lowest BCUT2D eigenvalue weighted by Crippen LogP contribution is -2.24. The highest BCUT2D eigenvalue weighted by molar-refractivity contribution is 5.61. The van der Waals surface area contributed by atoms with Crippen molar-refractivity contribution in [3.05, 3.63) is 17.8 Å². The number of aromatic nitrogens is 1. The van der Waals surface area contributed by atoms with E-state index in [0.29, 0.717) is 5.92 Å². The van der Waals surface area contributed by atoms with Crippen LogP contribution in [0.15, 0.2) is 12.3 Å². The number of hydrogen-bond donors (Lipinski definition) is 2. The van der Waals surface area contributed by atoms with Gasteiger partial charge in [0.25, 0.3) is 0 Å². The SMILES string of the molecule is Cc1cnc(NCC2CCCOC2)c(N)c1. The predicted octanol–water partition coefficient (Wildman–Crippen LogP) is 1.81. The molecular weight excluding hydrogens is 202 g/mol. The van der Waals surface area contributed by atoms with Gasteiger partial charge in [0.2, 0.25) is 0 Å². The van der Waals surface area contributed by atoms with Crippen LogP contribution in [0.3, 0.4) is 0 Å². The van der Waals surface area contributed by atoms with Crippen LogP contribution < -0.4 is 11.1 Å². The van der Waals surface area contributed by atoms with Crippen LogP contribution in [0.25, 0.3) is 0 Å². The van der Waals surface area contributed by atoms with E-state index in [4.69, 9.17) is 10.5 Å². The van der Waals surface area contributed by atoms with Gasteiger partial charge < -0.3 is 15.8 Å². The number of aryl methyl sites for hydroxylation is 1. The van der Waals surface area contributed by atoms with Gasteiger partial charge in [0, 0.05) is 19.3 Å². The van der Waals surface area contributed by atoms with Crippen molar-refractivity contribution in [2.24, 2.45) is 5.92 Å². The van der Waals surface area contributed by atoms with Crippen LogP contribution in [0.1, 0.15) is 18.4 Å². The van der Waals surface area contributed by atoms with Crippen molar-refractivity contribution in [2.45, 2.75) is 19.8 Å². The summed E-state index contributed by atoms with van der Waals surface area (Å²) in [5.74, 6) is 1.37. The molecule has 0 saturated carbocycles. The Kier molecular flexibility index (Phi) is 3.62. The Morgan fingerprint density at radius 3 is 3.19 bits per heavy atom. The van der Waals surface area contributed by atoms with Crippen LogP contribution in [0.4, 0.5) is 11.5 Å². The van der Waals surface area contributed by atoms with Crippen LogP contribution in [0.5, 0.6) is 0 Å². The smallest absolute Gasteiger partial charge is 0.149 e. The number of nitrogens with zero attached hydrogens (tertiary/aromatic N) is 1. The molecule has 4 nitrogen and oxygen atoms in total. The third-order valence-electron chi connectivity index (χ3n) is 2.87. The van der Waals surface area contributed by atoms with E-state index in [1.165, 1.54) is 6.42 Å². The van der Waals surface area contributed by atoms with Crippen LogP contribution >= 0.6 is 0 Å².